The molecule has 1 aromatic heterocycles. The van der Waals surface area contributed by atoms with Gasteiger partial charge in [0, 0.05) is 11.9 Å². The van der Waals surface area contributed by atoms with E-state index in [4.69, 9.17) is 4.74 Å². The Kier molecular flexibility index (Phi) is 5.16. The fourth-order valence-electron chi connectivity index (χ4n) is 1.81. The Balaban J connectivity index is 2.11. The Hall–Kier alpha value is -2.08. The van der Waals surface area contributed by atoms with Gasteiger partial charge in [-0.05, 0) is 19.1 Å². The number of nitrogens with one attached hydrogen (secondary N) is 1. The van der Waals surface area contributed by atoms with Crippen molar-refractivity contribution in [3.05, 3.63) is 42.2 Å². The van der Waals surface area contributed by atoms with Gasteiger partial charge in [0.15, 0.2) is 5.82 Å². The largest absolute Gasteiger partial charge is 0.375 e. The molecule has 112 valence electrons. The van der Waals surface area contributed by atoms with Crippen LogP contribution in [0, 0.1) is 0 Å². The van der Waals surface area contributed by atoms with E-state index in [0.717, 1.165) is 5.57 Å². The van der Waals surface area contributed by atoms with Gasteiger partial charge in [-0.25, -0.2) is 18.7 Å². The first kappa shape index (κ1) is 15.3. The predicted octanol–water partition coefficient (Wildman–Crippen LogP) is 3.57. The molecule has 0 amide bonds. The van der Waals surface area contributed by atoms with Crippen molar-refractivity contribution < 1.29 is 13.5 Å². The molecule has 6 heteroatoms. The minimum atomic E-state index is -2.70. The Bertz CT molecular complexity index is 631. The van der Waals surface area contributed by atoms with Gasteiger partial charge in [-0.2, -0.15) is 0 Å². The first-order chi connectivity index (χ1) is 10.1. The van der Waals surface area contributed by atoms with Crippen LogP contribution in [-0.2, 0) is 4.74 Å². The van der Waals surface area contributed by atoms with E-state index in [-0.39, 0.29) is 0 Å². The van der Waals surface area contributed by atoms with Crippen LogP contribution in [0.3, 0.4) is 0 Å². The second-order valence-electron chi connectivity index (χ2n) is 4.68. The molecule has 0 aliphatic rings. The summed E-state index contributed by atoms with van der Waals surface area (Å²) in [5, 5.41) is 3.73. The highest BCUT2D eigenvalue weighted by atomic mass is 19.3. The lowest BCUT2D eigenvalue weighted by molar-refractivity contribution is 0.141. The van der Waals surface area contributed by atoms with Crippen molar-refractivity contribution >= 4 is 16.7 Å². The maximum atomic E-state index is 12.8. The van der Waals surface area contributed by atoms with Crippen molar-refractivity contribution in [2.75, 3.05) is 25.1 Å². The van der Waals surface area contributed by atoms with Crippen LogP contribution in [0.4, 0.5) is 14.6 Å². The number of fused-ring (bicyclic) bond motifs is 1. The molecule has 1 aromatic carbocycles. The van der Waals surface area contributed by atoms with Crippen molar-refractivity contribution in [1.29, 1.82) is 0 Å². The van der Waals surface area contributed by atoms with Crippen molar-refractivity contribution in [2.24, 2.45) is 0 Å². The maximum absolute atomic E-state index is 12.8. The zero-order chi connectivity index (χ0) is 15.2. The molecule has 0 aliphatic carbocycles. The van der Waals surface area contributed by atoms with Gasteiger partial charge in [-0.1, -0.05) is 24.3 Å². The van der Waals surface area contributed by atoms with Gasteiger partial charge >= 0.3 is 0 Å². The normalized spacial score (nSPS) is 11.0. The van der Waals surface area contributed by atoms with Crippen molar-refractivity contribution in [3.8, 4) is 0 Å². The van der Waals surface area contributed by atoms with Gasteiger partial charge < -0.3 is 10.1 Å². The number of halogens is 2. The molecule has 4 nitrogen and oxygen atoms in total. The summed E-state index contributed by atoms with van der Waals surface area (Å²) in [6.45, 7) is 7.00. The highest BCUT2D eigenvalue weighted by Gasteiger charge is 2.14. The summed E-state index contributed by atoms with van der Waals surface area (Å²) in [7, 11) is 0. The number of anilines is 1. The van der Waals surface area contributed by atoms with Gasteiger partial charge in [0.1, 0.15) is 5.82 Å². The second kappa shape index (κ2) is 7.08. The lowest BCUT2D eigenvalue weighted by atomic mass is 10.2. The van der Waals surface area contributed by atoms with E-state index in [0.29, 0.717) is 36.5 Å². The summed E-state index contributed by atoms with van der Waals surface area (Å²) >= 11 is 0. The summed E-state index contributed by atoms with van der Waals surface area (Å²) in [4.78, 5) is 7.75. The lowest BCUT2D eigenvalue weighted by Gasteiger charge is -2.11. The van der Waals surface area contributed by atoms with Gasteiger partial charge in [0.25, 0.3) is 6.43 Å². The Morgan fingerprint density at radius 3 is 2.81 bits per heavy atom. The molecule has 21 heavy (non-hydrogen) atoms. The molecule has 0 fully saturated rings. The zero-order valence-electron chi connectivity index (χ0n) is 11.8. The van der Waals surface area contributed by atoms with Crippen molar-refractivity contribution in [2.45, 2.75) is 13.3 Å². The first-order valence-corrected chi connectivity index (χ1v) is 6.58. The molecular formula is C15H17F2N3O. The monoisotopic (exact) mass is 293 g/mol. The van der Waals surface area contributed by atoms with Crippen molar-refractivity contribution in [1.82, 2.24) is 9.97 Å². The molecule has 0 aliphatic heterocycles. The van der Waals surface area contributed by atoms with Gasteiger partial charge in [-0.3, -0.25) is 0 Å². The SMILES string of the molecule is C=C(C)COCCNc1nc(C(F)F)nc2ccccc12. The third-order valence-electron chi connectivity index (χ3n) is 2.70. The van der Waals surface area contributed by atoms with Crippen LogP contribution in [0.5, 0.6) is 0 Å². The fourth-order valence-corrected chi connectivity index (χ4v) is 1.81. The van der Waals surface area contributed by atoms with Crippen LogP contribution in [-0.4, -0.2) is 29.7 Å². The Morgan fingerprint density at radius 2 is 2.10 bits per heavy atom. The third kappa shape index (κ3) is 4.19. The number of alkyl halides is 2. The van der Waals surface area contributed by atoms with Crippen LogP contribution in [0.15, 0.2) is 36.4 Å². The molecule has 0 atom stereocenters. The Morgan fingerprint density at radius 1 is 1.33 bits per heavy atom. The summed E-state index contributed by atoms with van der Waals surface area (Å²) in [5.41, 5.74) is 1.43. The molecule has 0 unspecified atom stereocenters. The topological polar surface area (TPSA) is 47.0 Å². The number of hydrogen-bond acceptors (Lipinski definition) is 4. The van der Waals surface area contributed by atoms with E-state index in [9.17, 15) is 8.78 Å². The minimum absolute atomic E-state index is 0.398. The quantitative estimate of drug-likeness (QED) is 0.626. The van der Waals surface area contributed by atoms with E-state index in [2.05, 4.69) is 21.9 Å². The number of rotatable bonds is 7. The van der Waals surface area contributed by atoms with Gasteiger partial charge in [0.05, 0.1) is 18.7 Å². The van der Waals surface area contributed by atoms with Crippen LogP contribution >= 0.6 is 0 Å². The van der Waals surface area contributed by atoms with E-state index in [1.807, 2.05) is 13.0 Å². The molecular weight excluding hydrogens is 276 g/mol. The molecule has 2 aromatic rings. The number of nitrogens with zero attached hydrogens (tertiary/aromatic N) is 2. The number of ether oxygens (including phenoxy) is 1. The molecule has 1 heterocycles. The molecule has 0 radical (unpaired) electrons. The maximum Gasteiger partial charge on any atom is 0.297 e. The highest BCUT2D eigenvalue weighted by molar-refractivity contribution is 5.88. The molecule has 0 spiro atoms. The van der Waals surface area contributed by atoms with Gasteiger partial charge in [-0.15, -0.1) is 0 Å². The molecule has 1 N–H and O–H groups in total. The van der Waals surface area contributed by atoms with Crippen LogP contribution in [0.2, 0.25) is 0 Å². The van der Waals surface area contributed by atoms with E-state index < -0.39 is 12.2 Å². The summed E-state index contributed by atoms with van der Waals surface area (Å²) < 4.78 is 31.0. The summed E-state index contributed by atoms with van der Waals surface area (Å²) in [6.07, 6.45) is -2.70. The molecule has 0 saturated heterocycles. The first-order valence-electron chi connectivity index (χ1n) is 6.58. The number of hydrogen-bond donors (Lipinski definition) is 1. The van der Waals surface area contributed by atoms with Crippen LogP contribution in [0.1, 0.15) is 19.2 Å². The zero-order valence-corrected chi connectivity index (χ0v) is 11.8. The summed E-state index contributed by atoms with van der Waals surface area (Å²) in [5.74, 6) is -0.0751. The lowest BCUT2D eigenvalue weighted by Crippen LogP contribution is -2.12. The van der Waals surface area contributed by atoms with Crippen LogP contribution in [0.25, 0.3) is 10.9 Å². The molecule has 2 rings (SSSR count). The fraction of sp³-hybridized carbons (Fsp3) is 0.333. The molecule has 0 bridgehead atoms. The number of benzene rings is 1. The molecule has 0 saturated carbocycles. The summed E-state index contributed by atoms with van der Waals surface area (Å²) in [6, 6.07) is 7.05. The van der Waals surface area contributed by atoms with E-state index in [1.165, 1.54) is 0 Å². The highest BCUT2D eigenvalue weighted by Crippen LogP contribution is 2.24. The van der Waals surface area contributed by atoms with Crippen molar-refractivity contribution in [3.63, 3.8) is 0 Å². The van der Waals surface area contributed by atoms with Gasteiger partial charge in [0.2, 0.25) is 0 Å². The standard InChI is InChI=1S/C15H17F2N3O/c1-10(2)9-21-8-7-18-14-11-5-3-4-6-12(11)19-15(20-14)13(16)17/h3-6,13H,1,7-9H2,2H3,(H,18,19,20). The number of para-hydroxylation sites is 1. The average molecular weight is 293 g/mol. The van der Waals surface area contributed by atoms with Crippen LogP contribution < -0.4 is 5.32 Å². The predicted molar refractivity (Wildman–Crippen MR) is 78.6 cm³/mol. The van der Waals surface area contributed by atoms with E-state index >= 15 is 0 Å². The average Bonchev–Trinajstić information content (AvgIpc) is 2.46. The third-order valence-corrected chi connectivity index (χ3v) is 2.70. The Labute approximate surface area is 121 Å². The smallest absolute Gasteiger partial charge is 0.297 e. The van der Waals surface area contributed by atoms with E-state index in [1.54, 1.807) is 18.2 Å². The minimum Gasteiger partial charge on any atom is -0.375 e. The number of aromatic nitrogens is 2. The second-order valence-corrected chi connectivity index (χ2v) is 4.68.